The Balaban J connectivity index is 1.73. The maximum atomic E-state index is 5.97. The molecule has 3 heterocycles. The van der Waals surface area contributed by atoms with Gasteiger partial charge >= 0.3 is 0 Å². The third-order valence-electron chi connectivity index (χ3n) is 4.77. The van der Waals surface area contributed by atoms with Crippen LogP contribution in [-0.4, -0.2) is 33.5 Å². The van der Waals surface area contributed by atoms with Crippen LogP contribution in [0.3, 0.4) is 0 Å². The average Bonchev–Trinajstić information content (AvgIpc) is 2.99. The zero-order valence-electron chi connectivity index (χ0n) is 15.8. The van der Waals surface area contributed by atoms with Gasteiger partial charge in [-0.25, -0.2) is 9.97 Å². The van der Waals surface area contributed by atoms with E-state index in [-0.39, 0.29) is 6.04 Å². The summed E-state index contributed by atoms with van der Waals surface area (Å²) in [6.07, 6.45) is 2.51. The highest BCUT2D eigenvalue weighted by Gasteiger charge is 2.23. The number of hydrogen-bond acceptors (Lipinski definition) is 6. The first-order chi connectivity index (χ1) is 13.2. The highest BCUT2D eigenvalue weighted by molar-refractivity contribution is 5.53. The van der Waals surface area contributed by atoms with E-state index in [0.717, 1.165) is 40.5 Å². The lowest BCUT2D eigenvalue weighted by Gasteiger charge is -2.21. The molecule has 7 nitrogen and oxygen atoms in total. The van der Waals surface area contributed by atoms with Crippen molar-refractivity contribution in [3.8, 4) is 5.75 Å². The van der Waals surface area contributed by atoms with Crippen molar-refractivity contribution in [3.05, 3.63) is 64.9 Å². The van der Waals surface area contributed by atoms with Crippen molar-refractivity contribution in [2.45, 2.75) is 26.0 Å². The summed E-state index contributed by atoms with van der Waals surface area (Å²) in [6, 6.07) is 10.0. The van der Waals surface area contributed by atoms with Crippen molar-refractivity contribution in [1.82, 2.24) is 19.7 Å². The molecule has 0 amide bonds. The lowest BCUT2D eigenvalue weighted by molar-refractivity contribution is 0.184. The van der Waals surface area contributed by atoms with Crippen LogP contribution in [0.5, 0.6) is 5.75 Å². The van der Waals surface area contributed by atoms with Gasteiger partial charge in [0.15, 0.2) is 0 Å². The Morgan fingerprint density at radius 1 is 1.26 bits per heavy atom. The molecule has 1 atom stereocenters. The summed E-state index contributed by atoms with van der Waals surface area (Å²) >= 11 is 0. The topological polar surface area (TPSA) is 74.1 Å². The first-order valence-corrected chi connectivity index (χ1v) is 8.96. The highest BCUT2D eigenvalue weighted by atomic mass is 16.5. The van der Waals surface area contributed by atoms with Gasteiger partial charge in [0, 0.05) is 32.3 Å². The standard InChI is InChI=1S/C20H23N5O2/c1-13-22-16-12-27-19-7-5-4-6-14(19)10-15(16)20(23-13)24-17(11-26-3)18-8-9-21-25(18)2/h4-9,17H,10-12H2,1-3H3,(H,22,23,24)/t17-/m1/s1. The number of ether oxygens (including phenoxy) is 2. The van der Waals surface area contributed by atoms with Gasteiger partial charge in [0.25, 0.3) is 0 Å². The third kappa shape index (κ3) is 3.50. The third-order valence-corrected chi connectivity index (χ3v) is 4.77. The van der Waals surface area contributed by atoms with Crippen LogP contribution in [0.4, 0.5) is 5.82 Å². The minimum atomic E-state index is -0.0692. The molecule has 140 valence electrons. The monoisotopic (exact) mass is 365 g/mol. The van der Waals surface area contributed by atoms with Crippen LogP contribution in [0.2, 0.25) is 0 Å². The predicted octanol–water partition coefficient (Wildman–Crippen LogP) is 2.80. The Hall–Kier alpha value is -2.93. The zero-order chi connectivity index (χ0) is 18.8. The fourth-order valence-electron chi connectivity index (χ4n) is 3.46. The van der Waals surface area contributed by atoms with E-state index in [1.165, 1.54) is 0 Å². The summed E-state index contributed by atoms with van der Waals surface area (Å²) in [5.41, 5.74) is 4.15. The number of nitrogens with zero attached hydrogens (tertiary/aromatic N) is 4. The predicted molar refractivity (Wildman–Crippen MR) is 102 cm³/mol. The van der Waals surface area contributed by atoms with Crippen LogP contribution in [0.15, 0.2) is 36.5 Å². The summed E-state index contributed by atoms with van der Waals surface area (Å²) in [4.78, 5) is 9.33. The van der Waals surface area contributed by atoms with E-state index in [1.54, 1.807) is 13.3 Å². The van der Waals surface area contributed by atoms with Crippen molar-refractivity contribution in [2.24, 2.45) is 7.05 Å². The minimum absolute atomic E-state index is 0.0692. The molecule has 27 heavy (non-hydrogen) atoms. The van der Waals surface area contributed by atoms with E-state index >= 15 is 0 Å². The van der Waals surface area contributed by atoms with Gasteiger partial charge in [0.05, 0.1) is 24.0 Å². The number of aryl methyl sites for hydroxylation is 2. The lowest BCUT2D eigenvalue weighted by Crippen LogP contribution is -2.22. The van der Waals surface area contributed by atoms with E-state index < -0.39 is 0 Å². The Morgan fingerprint density at radius 2 is 2.11 bits per heavy atom. The number of hydrogen-bond donors (Lipinski definition) is 1. The molecule has 4 rings (SSSR count). The number of methoxy groups -OCH3 is 1. The second-order valence-electron chi connectivity index (χ2n) is 6.65. The average molecular weight is 365 g/mol. The van der Waals surface area contributed by atoms with Crippen molar-refractivity contribution in [3.63, 3.8) is 0 Å². The van der Waals surface area contributed by atoms with Crippen LogP contribution >= 0.6 is 0 Å². The molecule has 0 saturated carbocycles. The SMILES string of the molecule is COC[C@@H](Nc1nc(C)nc2c1Cc1ccccc1OC2)c1ccnn1C. The number of aromatic nitrogens is 4. The molecular weight excluding hydrogens is 342 g/mol. The van der Waals surface area contributed by atoms with Crippen LogP contribution in [-0.2, 0) is 24.8 Å². The number of para-hydroxylation sites is 1. The largest absolute Gasteiger partial charge is 0.487 e. The highest BCUT2D eigenvalue weighted by Crippen LogP contribution is 2.32. The quantitative estimate of drug-likeness (QED) is 0.749. The Kier molecular flexibility index (Phi) is 4.77. The van der Waals surface area contributed by atoms with E-state index in [2.05, 4.69) is 21.5 Å². The van der Waals surface area contributed by atoms with Gasteiger partial charge in [-0.3, -0.25) is 4.68 Å². The Morgan fingerprint density at radius 3 is 2.89 bits per heavy atom. The number of nitrogens with one attached hydrogen (secondary N) is 1. The fraction of sp³-hybridized carbons (Fsp3) is 0.350. The molecule has 1 aliphatic heterocycles. The Bertz CT molecular complexity index is 953. The molecule has 7 heteroatoms. The van der Waals surface area contributed by atoms with Crippen molar-refractivity contribution in [1.29, 1.82) is 0 Å². The second kappa shape index (κ2) is 7.36. The smallest absolute Gasteiger partial charge is 0.134 e. The molecule has 0 radical (unpaired) electrons. The molecule has 0 aliphatic carbocycles. The molecule has 1 aromatic carbocycles. The molecule has 0 spiro atoms. The Labute approximate surface area is 158 Å². The maximum Gasteiger partial charge on any atom is 0.134 e. The van der Waals surface area contributed by atoms with Crippen molar-refractivity contribution >= 4 is 5.82 Å². The summed E-state index contributed by atoms with van der Waals surface area (Å²) in [7, 11) is 3.62. The number of anilines is 1. The van der Waals surface area contributed by atoms with Crippen molar-refractivity contribution in [2.75, 3.05) is 19.0 Å². The molecule has 1 aliphatic rings. The summed E-state index contributed by atoms with van der Waals surface area (Å²) in [6.45, 7) is 2.84. The van der Waals surface area contributed by atoms with E-state index in [9.17, 15) is 0 Å². The van der Waals surface area contributed by atoms with Crippen molar-refractivity contribution < 1.29 is 9.47 Å². The second-order valence-corrected chi connectivity index (χ2v) is 6.65. The molecule has 2 aromatic heterocycles. The zero-order valence-corrected chi connectivity index (χ0v) is 15.8. The van der Waals surface area contributed by atoms with Crippen LogP contribution in [0.25, 0.3) is 0 Å². The van der Waals surface area contributed by atoms with Gasteiger partial charge in [-0.15, -0.1) is 0 Å². The normalized spacial score (nSPS) is 13.9. The first kappa shape index (κ1) is 17.5. The van der Waals surface area contributed by atoms with Gasteiger partial charge in [0.2, 0.25) is 0 Å². The maximum absolute atomic E-state index is 5.97. The molecule has 1 N–H and O–H groups in total. The van der Waals surface area contributed by atoms with Gasteiger partial charge < -0.3 is 14.8 Å². The molecule has 3 aromatic rings. The van der Waals surface area contributed by atoms with Gasteiger partial charge in [-0.2, -0.15) is 5.10 Å². The lowest BCUT2D eigenvalue weighted by atomic mass is 10.0. The van der Waals surface area contributed by atoms with Gasteiger partial charge in [-0.1, -0.05) is 18.2 Å². The fourth-order valence-corrected chi connectivity index (χ4v) is 3.46. The molecule has 0 fully saturated rings. The molecule has 0 saturated heterocycles. The number of benzene rings is 1. The van der Waals surface area contributed by atoms with Crippen LogP contribution in [0.1, 0.15) is 34.4 Å². The molecular formula is C20H23N5O2. The molecule has 0 unspecified atom stereocenters. The molecule has 0 bridgehead atoms. The van der Waals surface area contributed by atoms with E-state index in [1.807, 2.05) is 42.9 Å². The summed E-state index contributed by atoms with van der Waals surface area (Å²) in [5.74, 6) is 2.44. The van der Waals surface area contributed by atoms with E-state index in [0.29, 0.717) is 19.0 Å². The van der Waals surface area contributed by atoms with E-state index in [4.69, 9.17) is 14.5 Å². The van der Waals surface area contributed by atoms with Gasteiger partial charge in [0.1, 0.15) is 24.0 Å². The van der Waals surface area contributed by atoms with Crippen LogP contribution in [0, 0.1) is 6.92 Å². The summed E-state index contributed by atoms with van der Waals surface area (Å²) < 4.78 is 13.3. The van der Waals surface area contributed by atoms with Crippen LogP contribution < -0.4 is 10.1 Å². The number of rotatable bonds is 5. The summed E-state index contributed by atoms with van der Waals surface area (Å²) in [5, 5.41) is 7.84. The first-order valence-electron chi connectivity index (χ1n) is 8.96. The number of fused-ring (bicyclic) bond motifs is 2. The van der Waals surface area contributed by atoms with Gasteiger partial charge in [-0.05, 0) is 24.6 Å². The minimum Gasteiger partial charge on any atom is -0.487 e.